The topological polar surface area (TPSA) is 32.3 Å². The Labute approximate surface area is 69.3 Å². The first kappa shape index (κ1) is 10.7. The van der Waals surface area contributed by atoms with Crippen LogP contribution in [0.15, 0.2) is 12.7 Å². The molecule has 0 aromatic rings. The van der Waals surface area contributed by atoms with Gasteiger partial charge in [-0.3, -0.25) is 0 Å². The molecule has 0 aromatic carbocycles. The van der Waals surface area contributed by atoms with Crippen molar-refractivity contribution in [1.82, 2.24) is 5.32 Å². The Morgan fingerprint density at radius 3 is 2.64 bits per heavy atom. The van der Waals surface area contributed by atoms with Crippen LogP contribution in [0, 0.1) is 5.41 Å². The van der Waals surface area contributed by atoms with E-state index in [0.29, 0.717) is 6.54 Å². The van der Waals surface area contributed by atoms with Gasteiger partial charge in [-0.25, -0.2) is 0 Å². The monoisotopic (exact) mass is 157 g/mol. The summed E-state index contributed by atoms with van der Waals surface area (Å²) in [6.07, 6.45) is 2.94. The van der Waals surface area contributed by atoms with Crippen LogP contribution >= 0.6 is 0 Å². The molecule has 0 spiro atoms. The molecule has 2 N–H and O–H groups in total. The number of rotatable bonds is 6. The zero-order valence-electron chi connectivity index (χ0n) is 7.56. The molecule has 66 valence electrons. The Kier molecular flexibility index (Phi) is 5.16. The van der Waals surface area contributed by atoms with Crippen molar-refractivity contribution in [1.29, 1.82) is 0 Å². The van der Waals surface area contributed by atoms with Crippen molar-refractivity contribution in [3.63, 3.8) is 0 Å². The molecule has 0 saturated heterocycles. The number of nitrogens with one attached hydrogen (secondary N) is 1. The van der Waals surface area contributed by atoms with E-state index in [0.717, 1.165) is 13.0 Å². The summed E-state index contributed by atoms with van der Waals surface area (Å²) in [6, 6.07) is 0. The van der Waals surface area contributed by atoms with Gasteiger partial charge in [0.2, 0.25) is 0 Å². The summed E-state index contributed by atoms with van der Waals surface area (Å²) < 4.78 is 0. The van der Waals surface area contributed by atoms with Gasteiger partial charge < -0.3 is 10.4 Å². The first-order valence-electron chi connectivity index (χ1n) is 4.05. The minimum Gasteiger partial charge on any atom is -0.395 e. The standard InChI is InChI=1S/C9H19NO/c1-4-5-9(2,3)8-10-6-7-11/h4,10-11H,1,5-8H2,2-3H3. The van der Waals surface area contributed by atoms with Gasteiger partial charge in [0.1, 0.15) is 0 Å². The number of allylic oxidation sites excluding steroid dienone is 1. The zero-order valence-corrected chi connectivity index (χ0v) is 7.56. The van der Waals surface area contributed by atoms with E-state index in [-0.39, 0.29) is 12.0 Å². The lowest BCUT2D eigenvalue weighted by molar-refractivity contribution is 0.273. The van der Waals surface area contributed by atoms with Crippen molar-refractivity contribution < 1.29 is 5.11 Å². The molecule has 0 bridgehead atoms. The van der Waals surface area contributed by atoms with Gasteiger partial charge in [-0.1, -0.05) is 19.9 Å². The van der Waals surface area contributed by atoms with E-state index in [2.05, 4.69) is 25.7 Å². The van der Waals surface area contributed by atoms with Crippen LogP contribution in [0.4, 0.5) is 0 Å². The van der Waals surface area contributed by atoms with Crippen LogP contribution in [0.5, 0.6) is 0 Å². The molecule has 0 radical (unpaired) electrons. The Bertz CT molecular complexity index is 110. The van der Waals surface area contributed by atoms with Crippen LogP contribution in [-0.4, -0.2) is 24.8 Å². The van der Waals surface area contributed by atoms with Crippen LogP contribution in [0.3, 0.4) is 0 Å². The lowest BCUT2D eigenvalue weighted by Crippen LogP contribution is -2.30. The normalized spacial score (nSPS) is 11.5. The highest BCUT2D eigenvalue weighted by Crippen LogP contribution is 2.18. The van der Waals surface area contributed by atoms with Gasteiger partial charge in [0.25, 0.3) is 0 Å². The molecular formula is C9H19NO. The first-order valence-corrected chi connectivity index (χ1v) is 4.05. The van der Waals surface area contributed by atoms with Crippen molar-refractivity contribution in [2.75, 3.05) is 19.7 Å². The van der Waals surface area contributed by atoms with E-state index in [1.165, 1.54) is 0 Å². The summed E-state index contributed by atoms with van der Waals surface area (Å²) in [5.74, 6) is 0. The molecule has 0 aliphatic heterocycles. The van der Waals surface area contributed by atoms with Gasteiger partial charge in [0.05, 0.1) is 6.61 Å². The molecule has 0 aliphatic carbocycles. The number of aliphatic hydroxyl groups is 1. The maximum Gasteiger partial charge on any atom is 0.0555 e. The summed E-state index contributed by atoms with van der Waals surface area (Å²) in [4.78, 5) is 0. The van der Waals surface area contributed by atoms with Crippen molar-refractivity contribution in [2.45, 2.75) is 20.3 Å². The minimum atomic E-state index is 0.212. The van der Waals surface area contributed by atoms with E-state index in [1.54, 1.807) is 0 Å². The molecule has 0 aliphatic rings. The summed E-state index contributed by atoms with van der Waals surface area (Å²) in [5.41, 5.74) is 0.261. The molecule has 0 heterocycles. The van der Waals surface area contributed by atoms with E-state index in [4.69, 9.17) is 5.11 Å². The summed E-state index contributed by atoms with van der Waals surface area (Å²) in [6.45, 7) is 9.88. The Hall–Kier alpha value is -0.340. The fourth-order valence-electron chi connectivity index (χ4n) is 0.969. The predicted molar refractivity (Wildman–Crippen MR) is 48.6 cm³/mol. The molecular weight excluding hydrogens is 138 g/mol. The molecule has 0 fully saturated rings. The van der Waals surface area contributed by atoms with Gasteiger partial charge in [-0.15, -0.1) is 6.58 Å². The Morgan fingerprint density at radius 2 is 2.18 bits per heavy atom. The Balaban J connectivity index is 3.45. The van der Waals surface area contributed by atoms with Crippen LogP contribution in [0.25, 0.3) is 0 Å². The number of aliphatic hydroxyl groups excluding tert-OH is 1. The highest BCUT2D eigenvalue weighted by Gasteiger charge is 2.14. The zero-order chi connectivity index (χ0) is 8.74. The van der Waals surface area contributed by atoms with E-state index < -0.39 is 0 Å². The van der Waals surface area contributed by atoms with Crippen molar-refractivity contribution >= 4 is 0 Å². The second-order valence-electron chi connectivity index (χ2n) is 3.56. The van der Waals surface area contributed by atoms with Crippen LogP contribution in [-0.2, 0) is 0 Å². The highest BCUT2D eigenvalue weighted by atomic mass is 16.3. The molecule has 0 rings (SSSR count). The Morgan fingerprint density at radius 1 is 1.55 bits per heavy atom. The third kappa shape index (κ3) is 6.07. The van der Waals surface area contributed by atoms with Crippen molar-refractivity contribution in [2.24, 2.45) is 5.41 Å². The molecule has 0 saturated carbocycles. The van der Waals surface area contributed by atoms with Gasteiger partial charge in [-0.05, 0) is 11.8 Å². The molecule has 0 amide bonds. The molecule has 2 heteroatoms. The highest BCUT2D eigenvalue weighted by molar-refractivity contribution is 4.80. The molecule has 2 nitrogen and oxygen atoms in total. The van der Waals surface area contributed by atoms with E-state index in [1.807, 2.05) is 6.08 Å². The number of hydrogen-bond acceptors (Lipinski definition) is 2. The van der Waals surface area contributed by atoms with Crippen molar-refractivity contribution in [3.05, 3.63) is 12.7 Å². The minimum absolute atomic E-state index is 0.212. The van der Waals surface area contributed by atoms with E-state index >= 15 is 0 Å². The SMILES string of the molecule is C=CCC(C)(C)CNCCO. The van der Waals surface area contributed by atoms with Crippen LogP contribution in [0.2, 0.25) is 0 Å². The fraction of sp³-hybridized carbons (Fsp3) is 0.778. The van der Waals surface area contributed by atoms with Gasteiger partial charge >= 0.3 is 0 Å². The lowest BCUT2D eigenvalue weighted by atomic mass is 9.89. The van der Waals surface area contributed by atoms with E-state index in [9.17, 15) is 0 Å². The predicted octanol–water partition coefficient (Wildman–Crippen LogP) is 1.17. The average molecular weight is 157 g/mol. The summed E-state index contributed by atoms with van der Waals surface area (Å²) >= 11 is 0. The largest absolute Gasteiger partial charge is 0.395 e. The fourth-order valence-corrected chi connectivity index (χ4v) is 0.969. The molecule has 0 atom stereocenters. The van der Waals surface area contributed by atoms with Gasteiger partial charge in [0, 0.05) is 13.1 Å². The summed E-state index contributed by atoms with van der Waals surface area (Å²) in [5, 5.41) is 11.7. The van der Waals surface area contributed by atoms with Crippen molar-refractivity contribution in [3.8, 4) is 0 Å². The maximum atomic E-state index is 8.51. The molecule has 0 aromatic heterocycles. The molecule has 0 unspecified atom stereocenters. The quantitative estimate of drug-likeness (QED) is 0.448. The van der Waals surface area contributed by atoms with Crippen LogP contribution < -0.4 is 5.32 Å². The number of hydrogen-bond donors (Lipinski definition) is 2. The summed E-state index contributed by atoms with van der Waals surface area (Å²) in [7, 11) is 0. The van der Waals surface area contributed by atoms with Crippen LogP contribution in [0.1, 0.15) is 20.3 Å². The lowest BCUT2D eigenvalue weighted by Gasteiger charge is -2.22. The maximum absolute atomic E-state index is 8.51. The average Bonchev–Trinajstić information content (AvgIpc) is 1.87. The van der Waals surface area contributed by atoms with Gasteiger partial charge in [0.15, 0.2) is 0 Å². The second-order valence-corrected chi connectivity index (χ2v) is 3.56. The molecule has 11 heavy (non-hydrogen) atoms. The second kappa shape index (κ2) is 5.33. The third-order valence-corrected chi connectivity index (χ3v) is 1.59. The van der Waals surface area contributed by atoms with Gasteiger partial charge in [-0.2, -0.15) is 0 Å². The first-order chi connectivity index (χ1) is 5.12. The smallest absolute Gasteiger partial charge is 0.0555 e. The third-order valence-electron chi connectivity index (χ3n) is 1.59.